The maximum atomic E-state index is 12.3. The molecule has 2 heterocycles. The first-order chi connectivity index (χ1) is 13.0. The average molecular weight is 394 g/mol. The third kappa shape index (κ3) is 4.84. The van der Waals surface area contributed by atoms with Gasteiger partial charge in [0.25, 0.3) is 10.1 Å². The summed E-state index contributed by atoms with van der Waals surface area (Å²) in [6.45, 7) is 6.75. The van der Waals surface area contributed by atoms with Crippen LogP contribution in [0.2, 0.25) is 0 Å². The quantitative estimate of drug-likeness (QED) is 0.635. The van der Waals surface area contributed by atoms with Gasteiger partial charge in [-0.2, -0.15) is 8.42 Å². The second-order valence-electron chi connectivity index (χ2n) is 6.79. The summed E-state index contributed by atoms with van der Waals surface area (Å²) < 4.78 is 31.6. The molecule has 0 aliphatic carbocycles. The molecule has 1 aromatic heterocycles. The van der Waals surface area contributed by atoms with Crippen molar-refractivity contribution in [3.05, 3.63) is 29.8 Å². The third-order valence-corrected chi connectivity index (χ3v) is 6.42. The Morgan fingerprint density at radius 2 is 1.85 bits per heavy atom. The highest BCUT2D eigenvalue weighted by atomic mass is 32.2. The van der Waals surface area contributed by atoms with E-state index in [4.69, 9.17) is 4.18 Å². The van der Waals surface area contributed by atoms with Crippen LogP contribution >= 0.6 is 0 Å². The van der Waals surface area contributed by atoms with E-state index in [0.29, 0.717) is 5.92 Å². The molecule has 1 aromatic carbocycles. The van der Waals surface area contributed by atoms with Crippen molar-refractivity contribution in [2.24, 2.45) is 5.92 Å². The van der Waals surface area contributed by atoms with Gasteiger partial charge in [-0.15, -0.1) is 0 Å². The highest BCUT2D eigenvalue weighted by molar-refractivity contribution is 7.86. The zero-order chi connectivity index (χ0) is 19.3. The fourth-order valence-electron chi connectivity index (χ4n) is 3.34. The average Bonchev–Trinajstić information content (AvgIpc) is 3.17. The van der Waals surface area contributed by atoms with Gasteiger partial charge in [-0.25, -0.2) is 4.68 Å². The minimum atomic E-state index is -3.68. The van der Waals surface area contributed by atoms with Crippen molar-refractivity contribution in [1.29, 1.82) is 0 Å². The maximum Gasteiger partial charge on any atom is 0.296 e. The van der Waals surface area contributed by atoms with Crippen LogP contribution in [0.25, 0.3) is 0 Å². The van der Waals surface area contributed by atoms with Crippen LogP contribution in [0, 0.1) is 5.92 Å². The Hall–Kier alpha value is -2.00. The van der Waals surface area contributed by atoms with Crippen LogP contribution in [0.4, 0.5) is 5.95 Å². The molecule has 9 heteroatoms. The van der Waals surface area contributed by atoms with E-state index in [2.05, 4.69) is 20.4 Å². The smallest absolute Gasteiger partial charge is 0.296 e. The molecule has 0 unspecified atom stereocenters. The number of hydrogen-bond donors (Lipinski definition) is 0. The van der Waals surface area contributed by atoms with Crippen LogP contribution in [-0.4, -0.2) is 48.3 Å². The van der Waals surface area contributed by atoms with Gasteiger partial charge in [-0.05, 0) is 66.6 Å². The molecular weight excluding hydrogens is 366 g/mol. The van der Waals surface area contributed by atoms with Gasteiger partial charge in [-0.1, -0.05) is 24.2 Å². The summed E-state index contributed by atoms with van der Waals surface area (Å²) in [5.74, 6) is 1.26. The first-order valence-corrected chi connectivity index (χ1v) is 10.9. The van der Waals surface area contributed by atoms with Gasteiger partial charge < -0.3 is 4.90 Å². The van der Waals surface area contributed by atoms with Crippen molar-refractivity contribution >= 4 is 16.1 Å². The predicted octanol–water partition coefficient (Wildman–Crippen LogP) is 2.27. The van der Waals surface area contributed by atoms with Crippen LogP contribution in [0.3, 0.4) is 0 Å². The van der Waals surface area contributed by atoms with Crippen LogP contribution in [0.1, 0.15) is 38.7 Å². The molecule has 148 valence electrons. The first-order valence-electron chi connectivity index (χ1n) is 9.53. The summed E-state index contributed by atoms with van der Waals surface area (Å²) in [7, 11) is -3.68. The first kappa shape index (κ1) is 19.8. The van der Waals surface area contributed by atoms with E-state index in [1.807, 2.05) is 26.0 Å². The van der Waals surface area contributed by atoms with Gasteiger partial charge in [0.15, 0.2) is 0 Å². The minimum Gasteiger partial charge on any atom is -0.340 e. The lowest BCUT2D eigenvalue weighted by Crippen LogP contribution is -2.36. The van der Waals surface area contributed by atoms with Crippen molar-refractivity contribution in [3.63, 3.8) is 0 Å². The van der Waals surface area contributed by atoms with E-state index in [1.165, 1.54) is 0 Å². The molecule has 0 amide bonds. The van der Waals surface area contributed by atoms with E-state index >= 15 is 0 Å². The van der Waals surface area contributed by atoms with Gasteiger partial charge in [0, 0.05) is 19.6 Å². The van der Waals surface area contributed by atoms with E-state index in [-0.39, 0.29) is 11.5 Å². The van der Waals surface area contributed by atoms with Crippen LogP contribution < -0.4 is 4.90 Å². The van der Waals surface area contributed by atoms with Gasteiger partial charge >= 0.3 is 0 Å². The number of aromatic nitrogens is 4. The summed E-state index contributed by atoms with van der Waals surface area (Å²) in [4.78, 5) is 2.41. The van der Waals surface area contributed by atoms with Gasteiger partial charge in [0.2, 0.25) is 5.95 Å². The highest BCUT2D eigenvalue weighted by Gasteiger charge is 2.23. The lowest BCUT2D eigenvalue weighted by Gasteiger charge is -2.31. The Labute approximate surface area is 160 Å². The zero-order valence-electron chi connectivity index (χ0n) is 15.9. The van der Waals surface area contributed by atoms with E-state index in [1.54, 1.807) is 16.8 Å². The van der Waals surface area contributed by atoms with Crippen LogP contribution in [0.5, 0.6) is 0 Å². The van der Waals surface area contributed by atoms with Gasteiger partial charge in [-0.3, -0.25) is 4.18 Å². The molecule has 0 bridgehead atoms. The Morgan fingerprint density at radius 3 is 2.48 bits per heavy atom. The van der Waals surface area contributed by atoms with Crippen LogP contribution in [-0.2, 0) is 27.3 Å². The SMILES string of the molecule is CCc1ccc(S(=O)(=O)OCCC2CCN(c3nnnn3CC)CC2)cc1. The molecule has 1 saturated heterocycles. The van der Waals surface area contributed by atoms with Crippen LogP contribution in [0.15, 0.2) is 29.2 Å². The zero-order valence-corrected chi connectivity index (χ0v) is 16.7. The number of benzene rings is 1. The van der Waals surface area contributed by atoms with Crippen molar-refractivity contribution < 1.29 is 12.6 Å². The molecular formula is C18H27N5O3S. The topological polar surface area (TPSA) is 90.2 Å². The number of tetrazole rings is 1. The molecule has 3 rings (SSSR count). The summed E-state index contributed by atoms with van der Waals surface area (Å²) in [5, 5.41) is 11.8. The number of hydrogen-bond acceptors (Lipinski definition) is 7. The van der Waals surface area contributed by atoms with Crippen molar-refractivity contribution in [2.75, 3.05) is 24.6 Å². The number of aryl methyl sites for hydroxylation is 2. The third-order valence-electron chi connectivity index (χ3n) is 5.09. The molecule has 0 spiro atoms. The number of rotatable bonds is 8. The van der Waals surface area contributed by atoms with Crippen molar-refractivity contribution in [1.82, 2.24) is 20.2 Å². The molecule has 2 aromatic rings. The molecule has 8 nitrogen and oxygen atoms in total. The van der Waals surface area contributed by atoms with Gasteiger partial charge in [0.05, 0.1) is 11.5 Å². The Bertz CT molecular complexity index is 827. The summed E-state index contributed by atoms with van der Waals surface area (Å²) >= 11 is 0. The molecule has 1 aliphatic heterocycles. The monoisotopic (exact) mass is 393 g/mol. The standard InChI is InChI=1S/C18H27N5O3S/c1-3-15-5-7-17(8-6-15)27(24,25)26-14-11-16-9-12-22(13-10-16)18-19-20-21-23(18)4-2/h5-8,16H,3-4,9-14H2,1-2H3. The Kier molecular flexibility index (Phi) is 6.43. The maximum absolute atomic E-state index is 12.3. The van der Waals surface area contributed by atoms with E-state index < -0.39 is 10.1 Å². The molecule has 1 aliphatic rings. The van der Waals surface area contributed by atoms with E-state index in [0.717, 1.165) is 56.8 Å². The van der Waals surface area contributed by atoms with Crippen molar-refractivity contribution in [3.8, 4) is 0 Å². The molecule has 0 saturated carbocycles. The second-order valence-corrected chi connectivity index (χ2v) is 8.40. The molecule has 27 heavy (non-hydrogen) atoms. The number of anilines is 1. The Balaban J connectivity index is 1.46. The van der Waals surface area contributed by atoms with Gasteiger partial charge in [0.1, 0.15) is 0 Å². The molecule has 0 N–H and O–H groups in total. The summed E-state index contributed by atoms with van der Waals surface area (Å²) in [6, 6.07) is 6.89. The predicted molar refractivity (Wildman–Crippen MR) is 102 cm³/mol. The molecule has 0 radical (unpaired) electrons. The normalized spacial score (nSPS) is 16.0. The molecule has 0 atom stereocenters. The summed E-state index contributed by atoms with van der Waals surface area (Å²) in [6.07, 6.45) is 3.57. The number of nitrogens with zero attached hydrogens (tertiary/aromatic N) is 5. The molecule has 1 fully saturated rings. The second kappa shape index (κ2) is 8.79. The fourth-order valence-corrected chi connectivity index (χ4v) is 4.26. The Morgan fingerprint density at radius 1 is 1.15 bits per heavy atom. The van der Waals surface area contributed by atoms with E-state index in [9.17, 15) is 8.42 Å². The van der Waals surface area contributed by atoms with Crippen molar-refractivity contribution in [2.45, 2.75) is 51.0 Å². The lowest BCUT2D eigenvalue weighted by atomic mass is 9.94. The largest absolute Gasteiger partial charge is 0.340 e. The summed E-state index contributed by atoms with van der Waals surface area (Å²) in [5.41, 5.74) is 1.11. The number of piperidine rings is 1. The fraction of sp³-hybridized carbons (Fsp3) is 0.611. The lowest BCUT2D eigenvalue weighted by molar-refractivity contribution is 0.261. The minimum absolute atomic E-state index is 0.217. The highest BCUT2D eigenvalue weighted by Crippen LogP contribution is 2.24.